The maximum atomic E-state index is 12.5. The molecule has 0 saturated carbocycles. The highest BCUT2D eigenvalue weighted by atomic mass is 127. The van der Waals surface area contributed by atoms with Crippen molar-refractivity contribution < 1.29 is 19.1 Å². The molecule has 0 unspecified atom stereocenters. The van der Waals surface area contributed by atoms with E-state index < -0.39 is 0 Å². The molecule has 0 heterocycles. The molecule has 0 bridgehead atoms. The summed E-state index contributed by atoms with van der Waals surface area (Å²) in [4.78, 5) is 25.0. The van der Waals surface area contributed by atoms with Crippen molar-refractivity contribution in [1.82, 2.24) is 0 Å². The first kappa shape index (κ1) is 46.4. The highest BCUT2D eigenvalue weighted by Crippen LogP contribution is 2.18. The zero-order valence-electron chi connectivity index (χ0n) is 30.6. The van der Waals surface area contributed by atoms with E-state index in [2.05, 4.69) is 59.0 Å². The van der Waals surface area contributed by atoms with Crippen LogP contribution in [0.15, 0.2) is 0 Å². The second kappa shape index (κ2) is 38.2. The maximum absolute atomic E-state index is 12.5. The number of ether oxygens (including phenoxy) is 2. The number of rotatable bonds is 37. The van der Waals surface area contributed by atoms with Crippen LogP contribution in [0.2, 0.25) is 0 Å². The largest absolute Gasteiger partial charge is 0.458 e. The van der Waals surface area contributed by atoms with Gasteiger partial charge in [-0.3, -0.25) is 9.59 Å². The Hall–Kier alpha value is 0.400. The molecule has 0 saturated heterocycles. The van der Waals surface area contributed by atoms with Crippen LogP contribution in [0.25, 0.3) is 0 Å². The molecule has 0 aliphatic carbocycles. The van der Waals surface area contributed by atoms with Gasteiger partial charge in [0.15, 0.2) is 0 Å². The van der Waals surface area contributed by atoms with Crippen LogP contribution in [0.3, 0.4) is 0 Å². The Bertz CT molecular complexity index is 591. The molecule has 0 aliphatic rings. The molecule has 0 N–H and O–H groups in total. The Morgan fingerprint density at radius 1 is 0.370 bits per heavy atom. The van der Waals surface area contributed by atoms with Crippen LogP contribution in [0.1, 0.15) is 219 Å². The molecule has 4 nitrogen and oxygen atoms in total. The predicted molar refractivity (Wildman–Crippen MR) is 217 cm³/mol. The highest BCUT2D eigenvalue weighted by molar-refractivity contribution is 14.1. The molecular weight excluding hydrogens is 798 g/mol. The number of alkyl halides is 2. The molecule has 274 valence electrons. The van der Waals surface area contributed by atoms with Gasteiger partial charge >= 0.3 is 11.9 Å². The Labute approximate surface area is 314 Å². The van der Waals surface area contributed by atoms with Gasteiger partial charge in [0.25, 0.3) is 0 Å². The SMILES string of the molecule is CCCCCCCCCCCCCCCCCC(=O)O[C@@H](CI)[C@H](CI)OC(=O)CCCCCCCCCCCCCCCCC. The lowest BCUT2D eigenvalue weighted by Crippen LogP contribution is -2.37. The minimum atomic E-state index is -0.355. The van der Waals surface area contributed by atoms with Gasteiger partial charge in [-0.05, 0) is 12.8 Å². The number of esters is 2. The van der Waals surface area contributed by atoms with E-state index in [1.165, 1.54) is 167 Å². The third kappa shape index (κ3) is 32.9. The first-order chi connectivity index (χ1) is 22.6. The molecule has 0 fully saturated rings. The number of carbonyl (C=O) groups is 2. The summed E-state index contributed by atoms with van der Waals surface area (Å²) in [5, 5.41) is 0. The van der Waals surface area contributed by atoms with Crippen LogP contribution in [0, 0.1) is 0 Å². The zero-order chi connectivity index (χ0) is 33.8. The Balaban J connectivity index is 3.74. The number of halogens is 2. The summed E-state index contributed by atoms with van der Waals surface area (Å²) in [5.74, 6) is -0.297. The molecule has 0 amide bonds. The molecule has 6 heteroatoms. The summed E-state index contributed by atoms with van der Waals surface area (Å²) in [6.45, 7) is 4.56. The second-order valence-electron chi connectivity index (χ2n) is 13.8. The molecule has 0 aromatic carbocycles. The fourth-order valence-corrected chi connectivity index (χ4v) is 7.64. The molecule has 0 aromatic heterocycles. The topological polar surface area (TPSA) is 52.6 Å². The van der Waals surface area contributed by atoms with Crippen molar-refractivity contribution in [2.24, 2.45) is 0 Å². The molecular formula is C40H76I2O4. The maximum Gasteiger partial charge on any atom is 0.306 e. The highest BCUT2D eigenvalue weighted by Gasteiger charge is 2.27. The predicted octanol–water partition coefficient (Wildman–Crippen LogP) is 14.2. The van der Waals surface area contributed by atoms with E-state index in [0.29, 0.717) is 21.7 Å². The van der Waals surface area contributed by atoms with Gasteiger partial charge in [0.2, 0.25) is 0 Å². The summed E-state index contributed by atoms with van der Waals surface area (Å²) < 4.78 is 12.8. The average Bonchev–Trinajstić information content (AvgIpc) is 3.06. The van der Waals surface area contributed by atoms with Crippen LogP contribution in [-0.2, 0) is 19.1 Å². The fraction of sp³-hybridized carbons (Fsp3) is 0.950. The van der Waals surface area contributed by atoms with E-state index in [-0.39, 0.29) is 24.1 Å². The summed E-state index contributed by atoms with van der Waals surface area (Å²) >= 11 is 4.48. The van der Waals surface area contributed by atoms with E-state index in [9.17, 15) is 9.59 Å². The van der Waals surface area contributed by atoms with Gasteiger partial charge < -0.3 is 9.47 Å². The Kier molecular flexibility index (Phi) is 38.5. The quantitative estimate of drug-likeness (QED) is 0.0270. The van der Waals surface area contributed by atoms with Gasteiger partial charge in [0.1, 0.15) is 12.2 Å². The summed E-state index contributed by atoms with van der Waals surface area (Å²) in [6, 6.07) is 0. The number of hydrogen-bond donors (Lipinski definition) is 0. The van der Waals surface area contributed by atoms with Crippen molar-refractivity contribution in [2.45, 2.75) is 232 Å². The van der Waals surface area contributed by atoms with Crippen LogP contribution < -0.4 is 0 Å². The second-order valence-corrected chi connectivity index (χ2v) is 15.5. The summed E-state index contributed by atoms with van der Waals surface area (Å²) in [7, 11) is 0. The van der Waals surface area contributed by atoms with Crippen LogP contribution in [0.4, 0.5) is 0 Å². The van der Waals surface area contributed by atoms with Crippen molar-refractivity contribution in [2.75, 3.05) is 8.86 Å². The average molecular weight is 875 g/mol. The summed E-state index contributed by atoms with van der Waals surface area (Å²) in [6.07, 6.45) is 39.6. The molecule has 0 radical (unpaired) electrons. The molecule has 0 spiro atoms. The van der Waals surface area contributed by atoms with E-state index in [1.807, 2.05) is 0 Å². The standard InChI is InChI=1S/C40H76I2O4/c1-3-5-7-9-11-13-15-17-19-21-23-25-27-29-31-33-39(43)45-37(35-41)38(36-42)46-40(44)34-32-30-28-26-24-22-20-18-16-14-12-10-8-6-4-2/h37-38H,3-36H2,1-2H3/t37-,38-/m0/s1. The van der Waals surface area contributed by atoms with Crippen LogP contribution in [0.5, 0.6) is 0 Å². The summed E-state index contributed by atoms with van der Waals surface area (Å²) in [5.41, 5.74) is 0. The molecule has 0 aromatic rings. The van der Waals surface area contributed by atoms with Gasteiger partial charge in [-0.15, -0.1) is 0 Å². The van der Waals surface area contributed by atoms with Crippen molar-refractivity contribution >= 4 is 57.1 Å². The van der Waals surface area contributed by atoms with Gasteiger partial charge in [-0.2, -0.15) is 0 Å². The first-order valence-corrected chi connectivity index (χ1v) is 23.1. The third-order valence-corrected chi connectivity index (χ3v) is 11.0. The number of hydrogen-bond acceptors (Lipinski definition) is 4. The molecule has 2 atom stereocenters. The lowest BCUT2D eigenvalue weighted by atomic mass is 10.0. The van der Waals surface area contributed by atoms with Crippen molar-refractivity contribution in [3.63, 3.8) is 0 Å². The van der Waals surface area contributed by atoms with Crippen molar-refractivity contribution in [1.29, 1.82) is 0 Å². The zero-order valence-corrected chi connectivity index (χ0v) is 34.9. The lowest BCUT2D eigenvalue weighted by molar-refractivity contribution is -0.164. The lowest BCUT2D eigenvalue weighted by Gasteiger charge is -2.24. The van der Waals surface area contributed by atoms with Crippen molar-refractivity contribution in [3.05, 3.63) is 0 Å². The van der Waals surface area contributed by atoms with E-state index in [0.717, 1.165) is 25.7 Å². The molecule has 46 heavy (non-hydrogen) atoms. The van der Waals surface area contributed by atoms with Gasteiger partial charge in [0, 0.05) is 21.7 Å². The number of carbonyl (C=O) groups excluding carboxylic acids is 2. The minimum Gasteiger partial charge on any atom is -0.458 e. The number of unbranched alkanes of at least 4 members (excludes halogenated alkanes) is 28. The Morgan fingerprint density at radius 2 is 0.565 bits per heavy atom. The van der Waals surface area contributed by atoms with E-state index in [4.69, 9.17) is 9.47 Å². The normalized spacial score (nSPS) is 12.7. The van der Waals surface area contributed by atoms with Crippen molar-refractivity contribution in [3.8, 4) is 0 Å². The van der Waals surface area contributed by atoms with Crippen LogP contribution in [-0.4, -0.2) is 33.0 Å². The minimum absolute atomic E-state index is 0.148. The van der Waals surface area contributed by atoms with E-state index >= 15 is 0 Å². The van der Waals surface area contributed by atoms with Gasteiger partial charge in [0.05, 0.1) is 0 Å². The van der Waals surface area contributed by atoms with Gasteiger partial charge in [-0.1, -0.05) is 239 Å². The smallest absolute Gasteiger partial charge is 0.306 e. The third-order valence-electron chi connectivity index (χ3n) is 9.25. The first-order valence-electron chi connectivity index (χ1n) is 20.1. The molecule has 0 aliphatic heterocycles. The van der Waals surface area contributed by atoms with Crippen LogP contribution >= 0.6 is 45.2 Å². The monoisotopic (exact) mass is 874 g/mol. The fourth-order valence-electron chi connectivity index (χ4n) is 6.15. The van der Waals surface area contributed by atoms with Gasteiger partial charge in [-0.25, -0.2) is 0 Å². The molecule has 0 rings (SSSR count). The van der Waals surface area contributed by atoms with E-state index in [1.54, 1.807) is 0 Å². The Morgan fingerprint density at radius 3 is 0.761 bits per heavy atom.